The van der Waals surface area contributed by atoms with E-state index in [-0.39, 0.29) is 18.6 Å². The summed E-state index contributed by atoms with van der Waals surface area (Å²) >= 11 is 0. The number of rotatable bonds is 1. The highest BCUT2D eigenvalue weighted by molar-refractivity contribution is 5.88. The molecule has 0 saturated heterocycles. The highest BCUT2D eigenvalue weighted by Crippen LogP contribution is 2.57. The highest BCUT2D eigenvalue weighted by Gasteiger charge is 2.52. The molecule has 130 valence electrons. The number of carbonyl (C=O) groups excluding carboxylic acids is 1. The molecule has 4 nitrogen and oxygen atoms in total. The molecule has 0 heterocycles. The van der Waals surface area contributed by atoms with E-state index in [1.807, 2.05) is 6.07 Å². The second-order valence-electron chi connectivity index (χ2n) is 7.26. The van der Waals surface area contributed by atoms with E-state index in [0.717, 1.165) is 32.1 Å². The van der Waals surface area contributed by atoms with Crippen LogP contribution in [0, 0.1) is 11.3 Å². The maximum absolute atomic E-state index is 12.2. The van der Waals surface area contributed by atoms with Gasteiger partial charge < -0.3 is 15.3 Å². The summed E-state index contributed by atoms with van der Waals surface area (Å²) in [5.74, 6) is 1.76. The Balaban J connectivity index is 0.000000383. The predicted octanol–water partition coefficient (Wildman–Crippen LogP) is 2.71. The lowest BCUT2D eigenvalue weighted by Crippen LogP contribution is -2.37. The van der Waals surface area contributed by atoms with Crippen molar-refractivity contribution in [2.45, 2.75) is 44.9 Å². The Hall–Kier alpha value is -1.65. The first-order valence-corrected chi connectivity index (χ1v) is 8.78. The summed E-state index contributed by atoms with van der Waals surface area (Å²) in [6.45, 7) is 1.93. The zero-order chi connectivity index (χ0) is 17.3. The van der Waals surface area contributed by atoms with Crippen LogP contribution in [0.2, 0.25) is 0 Å². The summed E-state index contributed by atoms with van der Waals surface area (Å²) in [5, 5.41) is 24.9. The van der Waals surface area contributed by atoms with Crippen LogP contribution >= 0.6 is 0 Å². The van der Waals surface area contributed by atoms with E-state index in [1.54, 1.807) is 6.07 Å². The molecular formula is C20H26O4. The van der Waals surface area contributed by atoms with E-state index >= 15 is 0 Å². The predicted molar refractivity (Wildman–Crippen MR) is 91.9 cm³/mol. The number of Topliss-reactive ketones (excluding diaryl/α,β-unsaturated/α-hetero) is 1. The highest BCUT2D eigenvalue weighted by atomic mass is 16.3. The minimum absolute atomic E-state index is 0.100. The molecule has 3 aliphatic carbocycles. The fourth-order valence-corrected chi connectivity index (χ4v) is 4.73. The monoisotopic (exact) mass is 330 g/mol. The van der Waals surface area contributed by atoms with Crippen LogP contribution in [0.5, 0.6) is 5.75 Å². The summed E-state index contributed by atoms with van der Waals surface area (Å²) < 4.78 is 0. The van der Waals surface area contributed by atoms with Crippen LogP contribution in [0.1, 0.15) is 49.7 Å². The zero-order valence-electron chi connectivity index (χ0n) is 14.2. The lowest BCUT2D eigenvalue weighted by Gasteiger charge is -2.43. The van der Waals surface area contributed by atoms with Gasteiger partial charge in [-0.3, -0.25) is 4.79 Å². The number of phenols is 1. The van der Waals surface area contributed by atoms with E-state index in [1.165, 1.54) is 16.7 Å². The minimum Gasteiger partial charge on any atom is -0.508 e. The van der Waals surface area contributed by atoms with Crippen molar-refractivity contribution in [2.75, 3.05) is 13.2 Å². The van der Waals surface area contributed by atoms with Crippen molar-refractivity contribution in [2.24, 2.45) is 11.3 Å². The number of hydrogen-bond acceptors (Lipinski definition) is 4. The summed E-state index contributed by atoms with van der Waals surface area (Å²) in [6, 6.07) is 5.79. The molecule has 0 amide bonds. The Kier molecular flexibility index (Phi) is 4.79. The van der Waals surface area contributed by atoms with Gasteiger partial charge in [0.2, 0.25) is 0 Å². The largest absolute Gasteiger partial charge is 0.508 e. The average Bonchev–Trinajstić information content (AvgIpc) is 2.90. The minimum atomic E-state index is -0.125. The SMILES string of the molecule is C[C@]12CC[C@H]3C(=CCc4cc(O)ccc43)[C@@H]1CCC2=O.OCCO. The van der Waals surface area contributed by atoms with Crippen LogP contribution in [0.4, 0.5) is 0 Å². The lowest BCUT2D eigenvalue weighted by atomic mass is 9.60. The first-order chi connectivity index (χ1) is 11.5. The summed E-state index contributed by atoms with van der Waals surface area (Å²) in [4.78, 5) is 12.2. The van der Waals surface area contributed by atoms with Gasteiger partial charge in [0.1, 0.15) is 11.5 Å². The van der Waals surface area contributed by atoms with Gasteiger partial charge in [-0.2, -0.15) is 0 Å². The third-order valence-corrected chi connectivity index (χ3v) is 5.98. The Morgan fingerprint density at radius 3 is 2.67 bits per heavy atom. The molecular weight excluding hydrogens is 304 g/mol. The Bertz CT molecular complexity index is 662. The van der Waals surface area contributed by atoms with Crippen molar-refractivity contribution in [1.82, 2.24) is 0 Å². The van der Waals surface area contributed by atoms with Crippen molar-refractivity contribution in [1.29, 1.82) is 0 Å². The van der Waals surface area contributed by atoms with Gasteiger partial charge in [0.25, 0.3) is 0 Å². The van der Waals surface area contributed by atoms with Gasteiger partial charge in [-0.15, -0.1) is 0 Å². The molecule has 0 spiro atoms. The van der Waals surface area contributed by atoms with Crippen LogP contribution in [0.25, 0.3) is 0 Å². The number of allylic oxidation sites excluding steroid dienone is 2. The fourth-order valence-electron chi connectivity index (χ4n) is 4.73. The average molecular weight is 330 g/mol. The second kappa shape index (κ2) is 6.69. The van der Waals surface area contributed by atoms with Gasteiger partial charge in [-0.25, -0.2) is 0 Å². The van der Waals surface area contributed by atoms with Crippen molar-refractivity contribution in [3.63, 3.8) is 0 Å². The van der Waals surface area contributed by atoms with Crippen LogP contribution < -0.4 is 0 Å². The number of carbonyl (C=O) groups is 1. The lowest BCUT2D eigenvalue weighted by molar-refractivity contribution is -0.126. The third kappa shape index (κ3) is 2.78. The standard InChI is InChI=1S/C18H20O2.C2H6O2/c1-18-9-8-14-13-5-3-12(19)10-11(13)2-4-15(14)16(18)6-7-17(18)20;3-1-2-4/h3-5,10,14,16,19H,2,6-9H2,1H3;3-4H,1-2H2/t14-,16+,18+;/m1./s1. The van der Waals surface area contributed by atoms with E-state index in [9.17, 15) is 9.90 Å². The molecule has 3 atom stereocenters. The molecule has 2 saturated carbocycles. The number of aliphatic hydroxyl groups excluding tert-OH is 2. The molecule has 1 aromatic rings. The van der Waals surface area contributed by atoms with Crippen LogP contribution in [-0.4, -0.2) is 34.3 Å². The second-order valence-corrected chi connectivity index (χ2v) is 7.26. The van der Waals surface area contributed by atoms with E-state index in [0.29, 0.717) is 23.4 Å². The van der Waals surface area contributed by atoms with E-state index < -0.39 is 0 Å². The Morgan fingerprint density at radius 2 is 1.96 bits per heavy atom. The zero-order valence-corrected chi connectivity index (χ0v) is 14.2. The molecule has 24 heavy (non-hydrogen) atoms. The van der Waals surface area contributed by atoms with Crippen molar-refractivity contribution >= 4 is 5.78 Å². The topological polar surface area (TPSA) is 77.8 Å². The van der Waals surface area contributed by atoms with Crippen molar-refractivity contribution in [3.05, 3.63) is 41.0 Å². The van der Waals surface area contributed by atoms with E-state index in [4.69, 9.17) is 10.2 Å². The summed E-state index contributed by atoms with van der Waals surface area (Å²) in [7, 11) is 0. The number of phenolic OH excluding ortho intramolecular Hbond substituents is 1. The first kappa shape index (κ1) is 17.2. The van der Waals surface area contributed by atoms with Crippen molar-refractivity contribution in [3.8, 4) is 5.75 Å². The van der Waals surface area contributed by atoms with E-state index in [2.05, 4.69) is 19.1 Å². The van der Waals surface area contributed by atoms with Gasteiger partial charge in [0.05, 0.1) is 13.2 Å². The fraction of sp³-hybridized carbons (Fsp3) is 0.550. The normalized spacial score (nSPS) is 30.5. The number of aromatic hydroxyl groups is 1. The maximum atomic E-state index is 12.2. The third-order valence-electron chi connectivity index (χ3n) is 5.98. The smallest absolute Gasteiger partial charge is 0.139 e. The van der Waals surface area contributed by atoms with Crippen molar-refractivity contribution < 1.29 is 20.1 Å². The molecule has 3 N–H and O–H groups in total. The summed E-state index contributed by atoms with van der Waals surface area (Å²) in [5.41, 5.74) is 4.03. The quantitative estimate of drug-likeness (QED) is 0.692. The molecule has 4 rings (SSSR count). The molecule has 2 fully saturated rings. The molecule has 1 aromatic carbocycles. The van der Waals surface area contributed by atoms with Gasteiger partial charge in [-0.1, -0.05) is 24.6 Å². The number of aliphatic hydroxyl groups is 2. The van der Waals surface area contributed by atoms with Gasteiger partial charge in [0.15, 0.2) is 0 Å². The van der Waals surface area contributed by atoms with Crippen LogP contribution in [0.15, 0.2) is 29.8 Å². The number of benzene rings is 1. The molecule has 0 bridgehead atoms. The molecule has 0 aromatic heterocycles. The molecule has 0 unspecified atom stereocenters. The molecule has 4 heteroatoms. The van der Waals surface area contributed by atoms with Crippen LogP contribution in [0.3, 0.4) is 0 Å². The number of fused-ring (bicyclic) bond motifs is 5. The van der Waals surface area contributed by atoms with Crippen LogP contribution in [-0.2, 0) is 11.2 Å². The Morgan fingerprint density at radius 1 is 1.21 bits per heavy atom. The first-order valence-electron chi connectivity index (χ1n) is 8.78. The molecule has 0 radical (unpaired) electrons. The molecule has 0 aliphatic heterocycles. The Labute approximate surface area is 142 Å². The van der Waals surface area contributed by atoms with Gasteiger partial charge in [-0.05, 0) is 54.9 Å². The number of ketones is 1. The number of hydrogen-bond donors (Lipinski definition) is 3. The summed E-state index contributed by atoms with van der Waals surface area (Å²) in [6.07, 6.45) is 7.11. The molecule has 3 aliphatic rings. The van der Waals surface area contributed by atoms with Gasteiger partial charge in [0, 0.05) is 17.8 Å². The maximum Gasteiger partial charge on any atom is 0.139 e. The van der Waals surface area contributed by atoms with Gasteiger partial charge >= 0.3 is 0 Å².